The summed E-state index contributed by atoms with van der Waals surface area (Å²) in [4.78, 5) is 16.8. The summed E-state index contributed by atoms with van der Waals surface area (Å²) in [5.41, 5.74) is 2.43. The second kappa shape index (κ2) is 11.8. The summed E-state index contributed by atoms with van der Waals surface area (Å²) in [6.07, 6.45) is 3.99. The highest BCUT2D eigenvalue weighted by molar-refractivity contribution is 5.73. The predicted octanol–water partition coefficient (Wildman–Crippen LogP) is 5.04. The van der Waals surface area contributed by atoms with Crippen LogP contribution in [0.1, 0.15) is 90.1 Å². The molecule has 214 valence electrons. The molecule has 1 spiro atoms. The summed E-state index contributed by atoms with van der Waals surface area (Å²) in [5.74, 6) is 0.638. The minimum Gasteiger partial charge on any atom is -0.481 e. The zero-order valence-electron chi connectivity index (χ0n) is 24.1. The number of halogens is 1. The average Bonchev–Trinajstić information content (AvgIpc) is 2.79. The van der Waals surface area contributed by atoms with Gasteiger partial charge in [-0.15, -0.1) is 0 Å². The number of benzene rings is 1. The molecule has 2 aliphatic rings. The number of aromatic nitrogens is 1. The Balaban J connectivity index is 1.60. The van der Waals surface area contributed by atoms with Crippen molar-refractivity contribution in [1.82, 2.24) is 15.6 Å². The van der Waals surface area contributed by atoms with Gasteiger partial charge in [-0.3, -0.25) is 4.79 Å². The zero-order chi connectivity index (χ0) is 28.4. The summed E-state index contributed by atoms with van der Waals surface area (Å²) in [7, 11) is 0. The van der Waals surface area contributed by atoms with Crippen molar-refractivity contribution >= 4 is 5.91 Å². The fourth-order valence-corrected chi connectivity index (χ4v) is 5.55. The number of aliphatic hydroxyl groups excluding tert-OH is 1. The van der Waals surface area contributed by atoms with E-state index in [1.807, 2.05) is 13.8 Å². The number of nitrogens with zero attached hydrogens (tertiary/aromatic N) is 1. The van der Waals surface area contributed by atoms with Gasteiger partial charge in [-0.05, 0) is 75.1 Å². The molecule has 8 heteroatoms. The quantitative estimate of drug-likeness (QED) is 0.390. The van der Waals surface area contributed by atoms with Crippen molar-refractivity contribution in [2.75, 3.05) is 6.54 Å². The first kappa shape index (κ1) is 29.3. The molecule has 0 unspecified atom stereocenters. The number of nitrogens with one attached hydrogen (secondary N) is 2. The van der Waals surface area contributed by atoms with Gasteiger partial charge in [0.2, 0.25) is 5.91 Å². The van der Waals surface area contributed by atoms with E-state index in [1.165, 1.54) is 19.1 Å². The fraction of sp³-hybridized carbons (Fsp3) is 0.613. The standard InChI is InChI=1S/C31H44FN3O4/c1-19(2)38-29-28-24(15-23(35-29)16-30(4,5)6)26(17-31(39-28)11-8-12-31)33-18-27(37)25(34-20(3)36)14-21-9-7-10-22(32)13-21/h7,9-10,13,15,19,25-27,33,37H,8,11-12,14,16-18H2,1-6H3,(H,34,36)/t25-,26+,27-/m0/s1. The smallest absolute Gasteiger partial charge is 0.257 e. The maximum atomic E-state index is 13.8. The van der Waals surface area contributed by atoms with Gasteiger partial charge in [0.05, 0.1) is 18.2 Å². The summed E-state index contributed by atoms with van der Waals surface area (Å²) < 4.78 is 26.6. The fourth-order valence-electron chi connectivity index (χ4n) is 5.55. The summed E-state index contributed by atoms with van der Waals surface area (Å²) in [6.45, 7) is 12.2. The summed E-state index contributed by atoms with van der Waals surface area (Å²) >= 11 is 0. The highest BCUT2D eigenvalue weighted by Crippen LogP contribution is 2.52. The number of rotatable bonds is 10. The molecule has 1 amide bonds. The molecule has 39 heavy (non-hydrogen) atoms. The maximum absolute atomic E-state index is 13.8. The first-order chi connectivity index (χ1) is 18.3. The number of hydrogen-bond acceptors (Lipinski definition) is 6. The van der Waals surface area contributed by atoms with Crippen molar-refractivity contribution in [3.63, 3.8) is 0 Å². The first-order valence-electron chi connectivity index (χ1n) is 14.1. The van der Waals surface area contributed by atoms with E-state index in [2.05, 4.69) is 37.5 Å². The molecule has 0 saturated heterocycles. The number of aliphatic hydroxyl groups is 1. The van der Waals surface area contributed by atoms with Crippen molar-refractivity contribution in [2.24, 2.45) is 5.41 Å². The number of carbonyl (C=O) groups is 1. The normalized spacial score (nSPS) is 19.6. The molecule has 0 bridgehead atoms. The van der Waals surface area contributed by atoms with Crippen LogP contribution in [0.25, 0.3) is 0 Å². The lowest BCUT2D eigenvalue weighted by Crippen LogP contribution is -2.52. The monoisotopic (exact) mass is 541 g/mol. The number of carbonyl (C=O) groups excluding carboxylic acids is 1. The molecular weight excluding hydrogens is 497 g/mol. The van der Waals surface area contributed by atoms with Gasteiger partial charge in [0.15, 0.2) is 5.75 Å². The molecule has 1 aromatic carbocycles. The maximum Gasteiger partial charge on any atom is 0.257 e. The molecule has 0 radical (unpaired) electrons. The highest BCUT2D eigenvalue weighted by atomic mass is 19.1. The van der Waals surface area contributed by atoms with Crippen LogP contribution in [0.3, 0.4) is 0 Å². The Morgan fingerprint density at radius 2 is 2.03 bits per heavy atom. The molecule has 4 rings (SSSR count). The molecule has 1 aliphatic carbocycles. The van der Waals surface area contributed by atoms with Gasteiger partial charge in [0, 0.05) is 37.2 Å². The van der Waals surface area contributed by atoms with E-state index in [0.717, 1.165) is 43.4 Å². The molecule has 3 N–H and O–H groups in total. The van der Waals surface area contributed by atoms with Gasteiger partial charge in [-0.2, -0.15) is 0 Å². The van der Waals surface area contributed by atoms with E-state index in [0.29, 0.717) is 23.6 Å². The first-order valence-corrected chi connectivity index (χ1v) is 14.1. The summed E-state index contributed by atoms with van der Waals surface area (Å²) in [6, 6.07) is 7.72. The van der Waals surface area contributed by atoms with E-state index >= 15 is 0 Å². The Hall–Kier alpha value is -2.71. The van der Waals surface area contributed by atoms with Crippen LogP contribution in [0.5, 0.6) is 11.6 Å². The van der Waals surface area contributed by atoms with Gasteiger partial charge in [-0.25, -0.2) is 9.37 Å². The Labute approximate surface area is 231 Å². The molecule has 2 heterocycles. The Bertz CT molecular complexity index is 1160. The molecule has 1 aromatic heterocycles. The van der Waals surface area contributed by atoms with E-state index in [9.17, 15) is 14.3 Å². The number of hydrogen-bond donors (Lipinski definition) is 3. The van der Waals surface area contributed by atoms with Gasteiger partial charge in [0.1, 0.15) is 11.4 Å². The third-order valence-corrected chi connectivity index (χ3v) is 7.39. The Morgan fingerprint density at radius 3 is 2.62 bits per heavy atom. The van der Waals surface area contributed by atoms with Crippen molar-refractivity contribution in [3.05, 3.63) is 53.0 Å². The minimum atomic E-state index is -0.886. The van der Waals surface area contributed by atoms with Crippen LogP contribution in [0, 0.1) is 11.2 Å². The van der Waals surface area contributed by atoms with E-state index in [4.69, 9.17) is 14.5 Å². The minimum absolute atomic E-state index is 0.0443. The van der Waals surface area contributed by atoms with Crippen LogP contribution in [0.2, 0.25) is 0 Å². The van der Waals surface area contributed by atoms with E-state index < -0.39 is 12.1 Å². The topological polar surface area (TPSA) is 92.7 Å². The number of fused-ring (bicyclic) bond motifs is 1. The van der Waals surface area contributed by atoms with E-state index in [1.54, 1.807) is 12.1 Å². The molecule has 1 fully saturated rings. The van der Waals surface area contributed by atoms with Crippen LogP contribution in [-0.2, 0) is 17.6 Å². The second-order valence-corrected chi connectivity index (χ2v) is 12.8. The van der Waals surface area contributed by atoms with Crippen LogP contribution in [0.4, 0.5) is 4.39 Å². The predicted molar refractivity (Wildman–Crippen MR) is 149 cm³/mol. The lowest BCUT2D eigenvalue weighted by molar-refractivity contribution is -0.120. The Kier molecular flexibility index (Phi) is 8.86. The third kappa shape index (κ3) is 7.70. The molecule has 2 aromatic rings. The van der Waals surface area contributed by atoms with Crippen molar-refractivity contribution < 1.29 is 23.8 Å². The van der Waals surface area contributed by atoms with Crippen LogP contribution in [0.15, 0.2) is 30.3 Å². The Morgan fingerprint density at radius 1 is 1.28 bits per heavy atom. The van der Waals surface area contributed by atoms with Gasteiger partial charge >= 0.3 is 0 Å². The van der Waals surface area contributed by atoms with Gasteiger partial charge in [0.25, 0.3) is 5.88 Å². The molecule has 3 atom stereocenters. The van der Waals surface area contributed by atoms with E-state index in [-0.39, 0.29) is 41.4 Å². The van der Waals surface area contributed by atoms with Gasteiger partial charge < -0.3 is 25.2 Å². The molecule has 1 saturated carbocycles. The molecular formula is C31H44FN3O4. The van der Waals surface area contributed by atoms with Crippen molar-refractivity contribution in [1.29, 1.82) is 0 Å². The second-order valence-electron chi connectivity index (χ2n) is 12.8. The van der Waals surface area contributed by atoms with Crippen LogP contribution >= 0.6 is 0 Å². The van der Waals surface area contributed by atoms with Crippen molar-refractivity contribution in [3.8, 4) is 11.6 Å². The number of pyridine rings is 1. The van der Waals surface area contributed by atoms with Crippen molar-refractivity contribution in [2.45, 2.75) is 110 Å². The van der Waals surface area contributed by atoms with Gasteiger partial charge in [-0.1, -0.05) is 32.9 Å². The van der Waals surface area contributed by atoms with Crippen LogP contribution < -0.4 is 20.1 Å². The number of amides is 1. The third-order valence-electron chi connectivity index (χ3n) is 7.39. The molecule has 1 aliphatic heterocycles. The SMILES string of the molecule is CC(=O)N[C@@H](Cc1cccc(F)c1)[C@@H](O)CN[C@@H]1CC2(CCC2)Oc2c1cc(CC(C)(C)C)nc2OC(C)C. The summed E-state index contributed by atoms with van der Waals surface area (Å²) in [5, 5.41) is 17.6. The zero-order valence-corrected chi connectivity index (χ0v) is 24.1. The number of ether oxygens (including phenoxy) is 2. The largest absolute Gasteiger partial charge is 0.481 e. The lowest BCUT2D eigenvalue weighted by atomic mass is 9.73. The highest BCUT2D eigenvalue weighted by Gasteiger charge is 2.47. The lowest BCUT2D eigenvalue weighted by Gasteiger charge is -2.48. The average molecular weight is 542 g/mol. The van der Waals surface area contributed by atoms with Crippen LogP contribution in [-0.4, -0.2) is 46.4 Å². The molecule has 7 nitrogen and oxygen atoms in total.